The lowest BCUT2D eigenvalue weighted by atomic mass is 9.81. The van der Waals surface area contributed by atoms with Gasteiger partial charge in [-0.3, -0.25) is 4.79 Å². The summed E-state index contributed by atoms with van der Waals surface area (Å²) in [7, 11) is 0. The van der Waals surface area contributed by atoms with Crippen LogP contribution in [-0.2, 0) is 5.92 Å². The lowest BCUT2D eigenvalue weighted by molar-refractivity contribution is -0.170. The van der Waals surface area contributed by atoms with E-state index in [1.54, 1.807) is 0 Å². The number of pyridine rings is 1. The fraction of sp³-hybridized carbons (Fsp3) is 0.500. The van der Waals surface area contributed by atoms with Gasteiger partial charge in [0.05, 0.1) is 17.0 Å². The summed E-state index contributed by atoms with van der Waals surface area (Å²) in [6, 6.07) is 2.06. The molecule has 3 aromatic rings. The highest BCUT2D eigenvalue weighted by Crippen LogP contribution is 2.59. The minimum atomic E-state index is -3.88. The van der Waals surface area contributed by atoms with Gasteiger partial charge in [0.25, 0.3) is 5.56 Å². The number of hydrogen-bond acceptors (Lipinski definition) is 5. The second-order valence-corrected chi connectivity index (χ2v) is 10.8. The van der Waals surface area contributed by atoms with E-state index >= 15 is 8.78 Å². The molecule has 6 nitrogen and oxygen atoms in total. The number of benzene rings is 1. The van der Waals surface area contributed by atoms with Gasteiger partial charge in [0.15, 0.2) is 0 Å². The summed E-state index contributed by atoms with van der Waals surface area (Å²) < 4.78 is 75.8. The zero-order valence-electron chi connectivity index (χ0n) is 20.7. The molecular weight excluding hydrogens is 495 g/mol. The van der Waals surface area contributed by atoms with Crippen LogP contribution in [0.25, 0.3) is 10.9 Å². The number of nitrogens with zero attached hydrogens (tertiary/aromatic N) is 3. The molecule has 2 aromatic heterocycles. The largest absolute Gasteiger partial charge is 0.384 e. The summed E-state index contributed by atoms with van der Waals surface area (Å²) in [5.41, 5.74) is -6.09. The van der Waals surface area contributed by atoms with E-state index in [0.29, 0.717) is 12.8 Å². The van der Waals surface area contributed by atoms with Crippen LogP contribution in [-0.4, -0.2) is 30.9 Å². The molecule has 2 atom stereocenters. The molecule has 0 spiro atoms. The Labute approximate surface area is 209 Å². The minimum absolute atomic E-state index is 0.0713. The Morgan fingerprint density at radius 1 is 1.16 bits per heavy atom. The molecule has 0 radical (unpaired) electrons. The third-order valence-corrected chi connectivity index (χ3v) is 7.64. The monoisotopic (exact) mass is 522 g/mol. The van der Waals surface area contributed by atoms with E-state index in [9.17, 15) is 23.1 Å². The molecule has 11 heteroatoms. The summed E-state index contributed by atoms with van der Waals surface area (Å²) in [6.45, 7) is 4.79. The van der Waals surface area contributed by atoms with Gasteiger partial charge in [-0.15, -0.1) is 0 Å². The number of anilines is 1. The third kappa shape index (κ3) is 3.98. The Morgan fingerprint density at radius 3 is 2.43 bits per heavy atom. The summed E-state index contributed by atoms with van der Waals surface area (Å²) in [6.07, 6.45) is 2.14. The fourth-order valence-electron chi connectivity index (χ4n) is 5.56. The summed E-state index contributed by atoms with van der Waals surface area (Å²) in [5.74, 6) is -6.05. The van der Waals surface area contributed by atoms with E-state index in [1.165, 1.54) is 36.7 Å². The first-order valence-electron chi connectivity index (χ1n) is 12.1. The SMILES string of the molecule is Cc1nc(NC(C)c2cccc(C(F)(F)C(C)(C)O)c2F)c2cn(C3CC4(F)CC3C4)c(=O)c(F)c2n1. The Hall–Kier alpha value is -3.08. The molecule has 37 heavy (non-hydrogen) atoms. The average molecular weight is 523 g/mol. The van der Waals surface area contributed by atoms with E-state index in [0.717, 1.165) is 19.9 Å². The van der Waals surface area contributed by atoms with Gasteiger partial charge in [-0.25, -0.2) is 18.7 Å². The summed E-state index contributed by atoms with van der Waals surface area (Å²) in [5, 5.41) is 13.0. The van der Waals surface area contributed by atoms with Crippen molar-refractivity contribution in [2.45, 2.75) is 76.2 Å². The number of rotatable bonds is 6. The Balaban J connectivity index is 1.57. The van der Waals surface area contributed by atoms with Crippen LogP contribution in [0.2, 0.25) is 0 Å². The Morgan fingerprint density at radius 2 is 1.84 bits per heavy atom. The second-order valence-electron chi connectivity index (χ2n) is 10.8. The van der Waals surface area contributed by atoms with Crippen LogP contribution in [0.3, 0.4) is 0 Å². The average Bonchev–Trinajstić information content (AvgIpc) is 3.28. The predicted octanol–water partition coefficient (Wildman–Crippen LogP) is 5.48. The molecule has 6 rings (SSSR count). The summed E-state index contributed by atoms with van der Waals surface area (Å²) in [4.78, 5) is 21.2. The van der Waals surface area contributed by atoms with Gasteiger partial charge in [0.1, 0.15) is 34.2 Å². The molecule has 0 amide bonds. The molecule has 3 aliphatic rings. The molecule has 2 bridgehead atoms. The molecule has 2 N–H and O–H groups in total. The van der Waals surface area contributed by atoms with Crippen LogP contribution < -0.4 is 10.9 Å². The van der Waals surface area contributed by atoms with Crippen molar-refractivity contribution in [2.75, 3.05) is 5.32 Å². The smallest absolute Gasteiger partial charge is 0.303 e. The second kappa shape index (κ2) is 8.21. The van der Waals surface area contributed by atoms with Gasteiger partial charge in [0, 0.05) is 24.2 Å². The minimum Gasteiger partial charge on any atom is -0.384 e. The van der Waals surface area contributed by atoms with Gasteiger partial charge < -0.3 is 15.0 Å². The molecule has 198 valence electrons. The lowest BCUT2D eigenvalue weighted by Crippen LogP contribution is -2.41. The van der Waals surface area contributed by atoms with Crippen molar-refractivity contribution in [3.05, 3.63) is 63.3 Å². The quantitative estimate of drug-likeness (QED) is 0.420. The standard InChI is InChI=1S/C26H27F5N4O2/c1-12(15-6-5-7-17(19(15)27)26(30,31)24(3,4)37)32-22-16-11-35(18-10-25(29)8-14(18)9-25)23(36)20(28)21(16)33-13(2)34-22/h5-7,11-12,14,18,37H,8-10H2,1-4H3,(H,32,33,34). The van der Waals surface area contributed by atoms with E-state index in [4.69, 9.17) is 0 Å². The van der Waals surface area contributed by atoms with Crippen molar-refractivity contribution in [3.63, 3.8) is 0 Å². The van der Waals surface area contributed by atoms with Gasteiger partial charge in [-0.1, -0.05) is 12.1 Å². The zero-order chi connectivity index (χ0) is 27.1. The van der Waals surface area contributed by atoms with Crippen LogP contribution in [0.15, 0.2) is 29.2 Å². The van der Waals surface area contributed by atoms with Crippen molar-refractivity contribution in [1.82, 2.24) is 14.5 Å². The topological polar surface area (TPSA) is 80.0 Å². The summed E-state index contributed by atoms with van der Waals surface area (Å²) >= 11 is 0. The number of aromatic nitrogens is 3. The first-order valence-corrected chi connectivity index (χ1v) is 12.1. The lowest BCUT2D eigenvalue weighted by Gasteiger charge is -2.30. The van der Waals surface area contributed by atoms with Crippen LogP contribution in [0.1, 0.15) is 69.1 Å². The molecule has 0 aliphatic heterocycles. The number of nitrogens with one attached hydrogen (secondary N) is 1. The number of aliphatic hydroxyl groups is 1. The number of fused-ring (bicyclic) bond motifs is 2. The van der Waals surface area contributed by atoms with Gasteiger partial charge >= 0.3 is 5.92 Å². The highest BCUT2D eigenvalue weighted by Gasteiger charge is 2.57. The van der Waals surface area contributed by atoms with Crippen LogP contribution >= 0.6 is 0 Å². The number of halogens is 5. The van der Waals surface area contributed by atoms with Crippen molar-refractivity contribution < 1.29 is 27.1 Å². The van der Waals surface area contributed by atoms with E-state index < -0.39 is 52.0 Å². The van der Waals surface area contributed by atoms with Crippen LogP contribution in [0, 0.1) is 24.5 Å². The normalized spacial score (nSPS) is 24.3. The van der Waals surface area contributed by atoms with Gasteiger partial charge in [0.2, 0.25) is 5.82 Å². The van der Waals surface area contributed by atoms with Crippen molar-refractivity contribution >= 4 is 16.7 Å². The first kappa shape index (κ1) is 25.6. The highest BCUT2D eigenvalue weighted by atomic mass is 19.3. The molecular formula is C26H27F5N4O2. The maximum atomic E-state index is 15.3. The highest BCUT2D eigenvalue weighted by molar-refractivity contribution is 5.89. The Kier molecular flexibility index (Phi) is 5.67. The molecule has 2 heterocycles. The Bertz CT molecular complexity index is 1460. The predicted molar refractivity (Wildman–Crippen MR) is 127 cm³/mol. The van der Waals surface area contributed by atoms with Crippen molar-refractivity contribution in [3.8, 4) is 0 Å². The number of aryl methyl sites for hydroxylation is 1. The maximum Gasteiger partial charge on any atom is 0.303 e. The molecule has 3 saturated carbocycles. The molecule has 3 aliphatic carbocycles. The van der Waals surface area contributed by atoms with Gasteiger partial charge in [-0.05, 0) is 52.5 Å². The molecule has 3 fully saturated rings. The number of alkyl halides is 3. The van der Waals surface area contributed by atoms with E-state index in [2.05, 4.69) is 15.3 Å². The van der Waals surface area contributed by atoms with Crippen molar-refractivity contribution in [1.29, 1.82) is 0 Å². The molecule has 2 unspecified atom stereocenters. The fourth-order valence-corrected chi connectivity index (χ4v) is 5.56. The van der Waals surface area contributed by atoms with E-state index in [1.807, 2.05) is 0 Å². The van der Waals surface area contributed by atoms with Gasteiger partial charge in [-0.2, -0.15) is 13.2 Å². The molecule has 0 saturated heterocycles. The van der Waals surface area contributed by atoms with E-state index in [-0.39, 0.29) is 40.4 Å². The first-order chi connectivity index (χ1) is 17.1. The third-order valence-electron chi connectivity index (χ3n) is 7.64. The maximum absolute atomic E-state index is 15.3. The zero-order valence-corrected chi connectivity index (χ0v) is 20.7. The van der Waals surface area contributed by atoms with Crippen molar-refractivity contribution in [2.24, 2.45) is 5.92 Å². The van der Waals surface area contributed by atoms with Crippen LogP contribution in [0.4, 0.5) is 27.8 Å². The molecule has 1 aromatic carbocycles. The van der Waals surface area contributed by atoms with Crippen LogP contribution in [0.5, 0.6) is 0 Å². The number of hydrogen-bond donors (Lipinski definition) is 2.